The minimum Gasteiger partial charge on any atom is -0.497 e. The molecule has 2 saturated heterocycles. The highest BCUT2D eigenvalue weighted by Crippen LogP contribution is 2.56. The van der Waals surface area contributed by atoms with Gasteiger partial charge < -0.3 is 14.4 Å². The van der Waals surface area contributed by atoms with Gasteiger partial charge in [0.2, 0.25) is 0 Å². The Kier molecular flexibility index (Phi) is 6.88. The van der Waals surface area contributed by atoms with Gasteiger partial charge in [-0.3, -0.25) is 4.90 Å². The minimum atomic E-state index is 0.160. The number of hydrogen-bond acceptors (Lipinski definition) is 4. The molecule has 2 atom stereocenters. The van der Waals surface area contributed by atoms with E-state index in [1.807, 2.05) is 0 Å². The first-order valence-electron chi connectivity index (χ1n) is 12.6. The van der Waals surface area contributed by atoms with Crippen LogP contribution in [-0.2, 0) is 10.2 Å². The Morgan fingerprint density at radius 1 is 1.03 bits per heavy atom. The molecule has 2 aliphatic heterocycles. The Bertz CT molecular complexity index is 735. The molecule has 0 N–H and O–H groups in total. The van der Waals surface area contributed by atoms with Gasteiger partial charge in [0.1, 0.15) is 5.75 Å². The molecule has 1 saturated carbocycles. The van der Waals surface area contributed by atoms with Gasteiger partial charge in [-0.15, -0.1) is 0 Å². The molecule has 31 heavy (non-hydrogen) atoms. The Morgan fingerprint density at radius 2 is 1.74 bits per heavy atom. The topological polar surface area (TPSA) is 24.9 Å². The van der Waals surface area contributed by atoms with Crippen molar-refractivity contribution in [3.63, 3.8) is 0 Å². The maximum absolute atomic E-state index is 5.69. The fraction of sp³-hybridized carbons (Fsp3) is 0.778. The van der Waals surface area contributed by atoms with Crippen molar-refractivity contribution >= 4 is 5.69 Å². The number of anilines is 1. The van der Waals surface area contributed by atoms with Crippen LogP contribution in [0.3, 0.4) is 0 Å². The second-order valence-electron chi connectivity index (χ2n) is 11.1. The minimum absolute atomic E-state index is 0.160. The molecule has 4 rings (SSSR count). The number of nitrogens with zero attached hydrogens (tertiary/aromatic N) is 2. The van der Waals surface area contributed by atoms with Gasteiger partial charge in [-0.2, -0.15) is 0 Å². The van der Waals surface area contributed by atoms with Crippen LogP contribution in [0.5, 0.6) is 5.75 Å². The zero-order valence-electron chi connectivity index (χ0n) is 20.6. The second kappa shape index (κ2) is 9.31. The molecule has 4 heteroatoms. The summed E-state index contributed by atoms with van der Waals surface area (Å²) in [7, 11) is 1.80. The molecular formula is C27H44N2O2. The Labute approximate surface area is 190 Å². The lowest BCUT2D eigenvalue weighted by Gasteiger charge is -2.54. The first-order chi connectivity index (χ1) is 14.8. The van der Waals surface area contributed by atoms with Crippen LogP contribution in [0.4, 0.5) is 5.69 Å². The summed E-state index contributed by atoms with van der Waals surface area (Å²) >= 11 is 0. The summed E-state index contributed by atoms with van der Waals surface area (Å²) in [6.45, 7) is 17.7. The summed E-state index contributed by atoms with van der Waals surface area (Å²) in [6, 6.07) is 6.85. The maximum atomic E-state index is 5.69. The van der Waals surface area contributed by atoms with Crippen LogP contribution in [0.1, 0.15) is 65.4 Å². The van der Waals surface area contributed by atoms with Crippen molar-refractivity contribution in [1.82, 2.24) is 4.90 Å². The number of ether oxygens (including phenoxy) is 2. The summed E-state index contributed by atoms with van der Waals surface area (Å²) in [5.41, 5.74) is 3.36. The zero-order valence-corrected chi connectivity index (χ0v) is 20.6. The molecule has 0 spiro atoms. The summed E-state index contributed by atoms with van der Waals surface area (Å²) in [5, 5.41) is 0. The smallest absolute Gasteiger partial charge is 0.119 e. The third kappa shape index (κ3) is 4.48. The van der Waals surface area contributed by atoms with Crippen LogP contribution in [0, 0.1) is 17.3 Å². The summed E-state index contributed by atoms with van der Waals surface area (Å²) in [5.74, 6) is 2.54. The molecule has 1 aromatic carbocycles. The number of piperazine rings is 1. The fourth-order valence-corrected chi connectivity index (χ4v) is 6.30. The van der Waals surface area contributed by atoms with E-state index in [0.717, 1.165) is 43.9 Å². The van der Waals surface area contributed by atoms with Gasteiger partial charge in [-0.05, 0) is 60.3 Å². The molecule has 0 aromatic heterocycles. The molecule has 0 bridgehead atoms. The molecule has 4 nitrogen and oxygen atoms in total. The van der Waals surface area contributed by atoms with Crippen molar-refractivity contribution in [2.75, 3.05) is 57.9 Å². The monoisotopic (exact) mass is 428 g/mol. The van der Waals surface area contributed by atoms with Crippen LogP contribution >= 0.6 is 0 Å². The lowest BCUT2D eigenvalue weighted by molar-refractivity contribution is 0.0473. The molecule has 2 heterocycles. The second-order valence-corrected chi connectivity index (χ2v) is 11.1. The Balaban J connectivity index is 1.54. The van der Waals surface area contributed by atoms with Crippen molar-refractivity contribution in [1.29, 1.82) is 0 Å². The van der Waals surface area contributed by atoms with Crippen LogP contribution < -0.4 is 9.64 Å². The molecular weight excluding hydrogens is 384 g/mol. The van der Waals surface area contributed by atoms with E-state index in [-0.39, 0.29) is 10.8 Å². The summed E-state index contributed by atoms with van der Waals surface area (Å²) in [4.78, 5) is 5.33. The van der Waals surface area contributed by atoms with E-state index in [1.165, 1.54) is 63.0 Å². The van der Waals surface area contributed by atoms with Crippen molar-refractivity contribution in [3.05, 3.63) is 23.8 Å². The van der Waals surface area contributed by atoms with Crippen LogP contribution in [0.2, 0.25) is 0 Å². The first-order valence-corrected chi connectivity index (χ1v) is 12.6. The normalized spacial score (nSPS) is 30.4. The van der Waals surface area contributed by atoms with Crippen LogP contribution in [0.25, 0.3) is 0 Å². The van der Waals surface area contributed by atoms with Crippen molar-refractivity contribution < 1.29 is 9.47 Å². The SMILES string of the molecule is COc1ccc(N2CCN(CC3CCOCC3)CC2)c(C2(C)CCCC(C)C2(C)C)c1. The van der Waals surface area contributed by atoms with Crippen molar-refractivity contribution in [2.24, 2.45) is 17.3 Å². The van der Waals surface area contributed by atoms with Crippen LogP contribution in [0.15, 0.2) is 18.2 Å². The Hall–Kier alpha value is -1.26. The van der Waals surface area contributed by atoms with Gasteiger partial charge in [0.25, 0.3) is 0 Å². The van der Waals surface area contributed by atoms with Gasteiger partial charge in [0.15, 0.2) is 0 Å². The molecule has 2 unspecified atom stereocenters. The van der Waals surface area contributed by atoms with E-state index in [4.69, 9.17) is 9.47 Å². The van der Waals surface area contributed by atoms with Gasteiger partial charge in [-0.1, -0.05) is 40.5 Å². The fourth-order valence-electron chi connectivity index (χ4n) is 6.30. The summed E-state index contributed by atoms with van der Waals surface area (Å²) < 4.78 is 11.2. The first kappa shape index (κ1) is 22.9. The predicted molar refractivity (Wildman–Crippen MR) is 129 cm³/mol. The predicted octanol–water partition coefficient (Wildman–Crippen LogP) is 5.35. The largest absolute Gasteiger partial charge is 0.497 e. The highest BCUT2D eigenvalue weighted by Gasteiger charge is 2.49. The van der Waals surface area contributed by atoms with Gasteiger partial charge >= 0.3 is 0 Å². The quantitative estimate of drug-likeness (QED) is 0.631. The molecule has 1 aromatic rings. The maximum Gasteiger partial charge on any atom is 0.119 e. The van der Waals surface area contributed by atoms with Crippen LogP contribution in [-0.4, -0.2) is 57.9 Å². The average Bonchev–Trinajstić information content (AvgIpc) is 2.78. The zero-order chi connectivity index (χ0) is 22.1. The van der Waals surface area contributed by atoms with E-state index >= 15 is 0 Å². The van der Waals surface area contributed by atoms with Crippen molar-refractivity contribution in [3.8, 4) is 5.75 Å². The number of benzene rings is 1. The van der Waals surface area contributed by atoms with E-state index in [1.54, 1.807) is 7.11 Å². The van der Waals surface area contributed by atoms with E-state index < -0.39 is 0 Å². The third-order valence-electron chi connectivity index (χ3n) is 9.34. The van der Waals surface area contributed by atoms with E-state index in [9.17, 15) is 0 Å². The number of hydrogen-bond donors (Lipinski definition) is 0. The average molecular weight is 429 g/mol. The lowest BCUT2D eigenvalue weighted by Crippen LogP contribution is -2.50. The van der Waals surface area contributed by atoms with Crippen molar-refractivity contribution in [2.45, 2.75) is 65.2 Å². The molecule has 174 valence electrons. The highest BCUT2D eigenvalue weighted by molar-refractivity contribution is 5.60. The standard InChI is InChI=1S/C27H44N2O2/c1-21-7-6-12-27(4,26(21,2)3)24-19-23(30-5)8-9-25(24)29-15-13-28(14-16-29)20-22-10-17-31-18-11-22/h8-9,19,21-22H,6-7,10-18,20H2,1-5H3. The molecule has 0 radical (unpaired) electrons. The Morgan fingerprint density at radius 3 is 2.42 bits per heavy atom. The number of methoxy groups -OCH3 is 1. The molecule has 3 aliphatic rings. The van der Waals surface area contributed by atoms with E-state index in [0.29, 0.717) is 0 Å². The lowest BCUT2D eigenvalue weighted by atomic mass is 9.52. The molecule has 0 amide bonds. The summed E-state index contributed by atoms with van der Waals surface area (Å²) in [6.07, 6.45) is 6.38. The molecule has 1 aliphatic carbocycles. The third-order valence-corrected chi connectivity index (χ3v) is 9.34. The highest BCUT2D eigenvalue weighted by atomic mass is 16.5. The van der Waals surface area contributed by atoms with Gasteiger partial charge in [0.05, 0.1) is 7.11 Å². The number of rotatable bonds is 5. The molecule has 3 fully saturated rings. The van der Waals surface area contributed by atoms with Gasteiger partial charge in [-0.25, -0.2) is 0 Å². The van der Waals surface area contributed by atoms with Gasteiger partial charge in [0, 0.05) is 57.0 Å². The van der Waals surface area contributed by atoms with E-state index in [2.05, 4.69) is 55.7 Å².